The van der Waals surface area contributed by atoms with Crippen molar-refractivity contribution in [2.24, 2.45) is 11.7 Å². The highest BCUT2D eigenvalue weighted by molar-refractivity contribution is 5.85. The number of rotatable bonds is 3. The van der Waals surface area contributed by atoms with Crippen LogP contribution in [-0.4, -0.2) is 30.1 Å². The van der Waals surface area contributed by atoms with Crippen LogP contribution in [0.1, 0.15) is 32.6 Å². The Hall–Kier alpha value is 0.210. The monoisotopic (exact) mass is 204 g/mol. The first kappa shape index (κ1) is 11.3. The molecule has 2 aliphatic rings. The molecule has 1 saturated heterocycles. The maximum Gasteiger partial charge on any atom is 0.0180 e. The fraction of sp³-hybridized carbons (Fsp3) is 1.00. The molecule has 1 heterocycles. The van der Waals surface area contributed by atoms with Gasteiger partial charge in [0, 0.05) is 18.6 Å². The fourth-order valence-corrected chi connectivity index (χ4v) is 2.20. The summed E-state index contributed by atoms with van der Waals surface area (Å²) in [5, 5.41) is 0. The Bertz CT molecular complexity index is 159. The van der Waals surface area contributed by atoms with Crippen molar-refractivity contribution in [2.45, 2.75) is 44.7 Å². The van der Waals surface area contributed by atoms with Crippen LogP contribution in [0.25, 0.3) is 0 Å². The van der Waals surface area contributed by atoms with E-state index < -0.39 is 0 Å². The molecule has 0 spiro atoms. The summed E-state index contributed by atoms with van der Waals surface area (Å²) in [6.45, 7) is 4.72. The van der Waals surface area contributed by atoms with Gasteiger partial charge in [0.25, 0.3) is 0 Å². The van der Waals surface area contributed by atoms with E-state index in [0.717, 1.165) is 18.5 Å². The Morgan fingerprint density at radius 1 is 1.38 bits per heavy atom. The van der Waals surface area contributed by atoms with Gasteiger partial charge in [0.1, 0.15) is 0 Å². The predicted octanol–water partition coefficient (Wildman–Crippen LogP) is 1.63. The largest absolute Gasteiger partial charge is 0.326 e. The Morgan fingerprint density at radius 2 is 2.08 bits per heavy atom. The summed E-state index contributed by atoms with van der Waals surface area (Å²) in [6, 6.07) is 1.23. The van der Waals surface area contributed by atoms with Crippen LogP contribution in [0.2, 0.25) is 0 Å². The smallest absolute Gasteiger partial charge is 0.0180 e. The highest BCUT2D eigenvalue weighted by Gasteiger charge is 2.29. The van der Waals surface area contributed by atoms with E-state index in [1.807, 2.05) is 0 Å². The maximum absolute atomic E-state index is 5.87. The van der Waals surface area contributed by atoms with Gasteiger partial charge in [0.2, 0.25) is 0 Å². The zero-order valence-corrected chi connectivity index (χ0v) is 9.22. The molecule has 1 aliphatic heterocycles. The molecule has 3 heteroatoms. The molecule has 0 aromatic rings. The van der Waals surface area contributed by atoms with E-state index in [-0.39, 0.29) is 12.4 Å². The minimum atomic E-state index is 0. The Balaban J connectivity index is 0.000000845. The standard InChI is InChI=1S/C10H20N2.ClH/c1-8(6-9-2-3-9)12-5-4-10(11)7-12;/h8-10H,2-7,11H2,1H3;1H/t8?,10-;/m0./s1. The normalized spacial score (nSPS) is 31.4. The SMILES string of the molecule is CC(CC1CC1)N1CC[C@H](N)C1.Cl. The first-order valence-electron chi connectivity index (χ1n) is 5.25. The maximum atomic E-state index is 5.87. The summed E-state index contributed by atoms with van der Waals surface area (Å²) < 4.78 is 0. The summed E-state index contributed by atoms with van der Waals surface area (Å²) in [7, 11) is 0. The third kappa shape index (κ3) is 3.12. The van der Waals surface area contributed by atoms with Gasteiger partial charge in [-0.1, -0.05) is 12.8 Å². The molecular weight excluding hydrogens is 184 g/mol. The number of halogens is 1. The number of hydrogen-bond acceptors (Lipinski definition) is 2. The predicted molar refractivity (Wildman–Crippen MR) is 58.2 cm³/mol. The molecular formula is C10H21ClN2. The molecule has 2 fully saturated rings. The minimum absolute atomic E-state index is 0. The third-order valence-corrected chi connectivity index (χ3v) is 3.25. The molecule has 1 aliphatic carbocycles. The van der Waals surface area contributed by atoms with Crippen LogP contribution in [0, 0.1) is 5.92 Å². The Morgan fingerprint density at radius 3 is 2.54 bits per heavy atom. The third-order valence-electron chi connectivity index (χ3n) is 3.25. The van der Waals surface area contributed by atoms with Gasteiger partial charge < -0.3 is 5.73 Å². The van der Waals surface area contributed by atoms with Crippen molar-refractivity contribution >= 4 is 12.4 Å². The van der Waals surface area contributed by atoms with Crippen LogP contribution >= 0.6 is 12.4 Å². The van der Waals surface area contributed by atoms with E-state index in [9.17, 15) is 0 Å². The van der Waals surface area contributed by atoms with Gasteiger partial charge in [0.05, 0.1) is 0 Å². The van der Waals surface area contributed by atoms with Crippen LogP contribution in [0.15, 0.2) is 0 Å². The zero-order valence-electron chi connectivity index (χ0n) is 8.41. The van der Waals surface area contributed by atoms with E-state index in [0.29, 0.717) is 6.04 Å². The molecule has 1 unspecified atom stereocenters. The number of hydrogen-bond donors (Lipinski definition) is 1. The highest BCUT2D eigenvalue weighted by Crippen LogP contribution is 2.35. The van der Waals surface area contributed by atoms with E-state index >= 15 is 0 Å². The van der Waals surface area contributed by atoms with Crippen LogP contribution in [0.3, 0.4) is 0 Å². The second-order valence-electron chi connectivity index (χ2n) is 4.57. The van der Waals surface area contributed by atoms with E-state index in [2.05, 4.69) is 11.8 Å². The number of likely N-dealkylation sites (tertiary alicyclic amines) is 1. The lowest BCUT2D eigenvalue weighted by Gasteiger charge is -2.23. The van der Waals surface area contributed by atoms with Crippen LogP contribution in [0.5, 0.6) is 0 Å². The molecule has 2 rings (SSSR count). The number of nitrogens with zero attached hydrogens (tertiary/aromatic N) is 1. The van der Waals surface area contributed by atoms with Crippen LogP contribution in [0.4, 0.5) is 0 Å². The average Bonchev–Trinajstić information content (AvgIpc) is 2.72. The first-order chi connectivity index (χ1) is 5.75. The van der Waals surface area contributed by atoms with E-state index in [1.165, 1.54) is 32.2 Å². The van der Waals surface area contributed by atoms with Crippen molar-refractivity contribution in [3.05, 3.63) is 0 Å². The fourth-order valence-electron chi connectivity index (χ4n) is 2.20. The lowest BCUT2D eigenvalue weighted by molar-refractivity contribution is 0.237. The average molecular weight is 205 g/mol. The van der Waals surface area contributed by atoms with Crippen molar-refractivity contribution in [3.63, 3.8) is 0 Å². The van der Waals surface area contributed by atoms with Crippen LogP contribution in [-0.2, 0) is 0 Å². The quantitative estimate of drug-likeness (QED) is 0.758. The summed E-state index contributed by atoms with van der Waals surface area (Å²) in [5.74, 6) is 1.05. The molecule has 2 atom stereocenters. The molecule has 0 amide bonds. The van der Waals surface area contributed by atoms with Gasteiger partial charge in [-0.3, -0.25) is 4.90 Å². The molecule has 2 nitrogen and oxygen atoms in total. The molecule has 2 N–H and O–H groups in total. The topological polar surface area (TPSA) is 29.3 Å². The van der Waals surface area contributed by atoms with Crippen molar-refractivity contribution < 1.29 is 0 Å². The Kier molecular flexibility index (Phi) is 4.02. The van der Waals surface area contributed by atoms with E-state index in [4.69, 9.17) is 5.73 Å². The highest BCUT2D eigenvalue weighted by atomic mass is 35.5. The Labute approximate surface area is 87.3 Å². The van der Waals surface area contributed by atoms with Gasteiger partial charge in [0.15, 0.2) is 0 Å². The minimum Gasteiger partial charge on any atom is -0.326 e. The van der Waals surface area contributed by atoms with Crippen LogP contribution < -0.4 is 5.73 Å². The van der Waals surface area contributed by atoms with Crippen molar-refractivity contribution in [1.29, 1.82) is 0 Å². The zero-order chi connectivity index (χ0) is 8.55. The summed E-state index contributed by atoms with van der Waals surface area (Å²) in [4.78, 5) is 2.56. The summed E-state index contributed by atoms with van der Waals surface area (Å²) in [5.41, 5.74) is 5.87. The molecule has 0 aromatic carbocycles. The van der Waals surface area contributed by atoms with Gasteiger partial charge in [-0.25, -0.2) is 0 Å². The lowest BCUT2D eigenvalue weighted by Crippen LogP contribution is -2.33. The second kappa shape index (κ2) is 4.63. The lowest BCUT2D eigenvalue weighted by atomic mass is 10.1. The van der Waals surface area contributed by atoms with E-state index in [1.54, 1.807) is 0 Å². The molecule has 78 valence electrons. The molecule has 0 aromatic heterocycles. The molecule has 1 saturated carbocycles. The van der Waals surface area contributed by atoms with Crippen molar-refractivity contribution in [1.82, 2.24) is 4.90 Å². The second-order valence-corrected chi connectivity index (χ2v) is 4.57. The van der Waals surface area contributed by atoms with Gasteiger partial charge in [-0.05, 0) is 32.2 Å². The summed E-state index contributed by atoms with van der Waals surface area (Å²) >= 11 is 0. The molecule has 0 bridgehead atoms. The summed E-state index contributed by atoms with van der Waals surface area (Å²) in [6.07, 6.45) is 5.57. The first-order valence-corrected chi connectivity index (χ1v) is 5.25. The van der Waals surface area contributed by atoms with Gasteiger partial charge in [-0.15, -0.1) is 12.4 Å². The number of nitrogens with two attached hydrogens (primary N) is 1. The van der Waals surface area contributed by atoms with Gasteiger partial charge >= 0.3 is 0 Å². The van der Waals surface area contributed by atoms with Crippen molar-refractivity contribution in [2.75, 3.05) is 13.1 Å². The van der Waals surface area contributed by atoms with Crippen molar-refractivity contribution in [3.8, 4) is 0 Å². The molecule has 13 heavy (non-hydrogen) atoms. The van der Waals surface area contributed by atoms with Gasteiger partial charge in [-0.2, -0.15) is 0 Å². The molecule has 0 radical (unpaired) electrons.